The van der Waals surface area contributed by atoms with Gasteiger partial charge in [0.15, 0.2) is 0 Å². The zero-order valence-corrected chi connectivity index (χ0v) is 15.8. The third kappa shape index (κ3) is 3.74. The molecular weight excluding hydrogens is 392 g/mol. The molecule has 1 aromatic heterocycles. The summed E-state index contributed by atoms with van der Waals surface area (Å²) >= 11 is 1.18. The Balaban J connectivity index is 2.14. The maximum Gasteiger partial charge on any atom is 0.208 e. The molecule has 0 saturated heterocycles. The van der Waals surface area contributed by atoms with E-state index in [-0.39, 0.29) is 14.9 Å². The first-order valence-electron chi connectivity index (χ1n) is 7.44. The lowest BCUT2D eigenvalue weighted by molar-refractivity contribution is 0.584. The Morgan fingerprint density at radius 3 is 1.77 bits per heavy atom. The number of aliphatic imine (C=N–C) groups is 1. The van der Waals surface area contributed by atoms with Gasteiger partial charge >= 0.3 is 0 Å². The van der Waals surface area contributed by atoms with Gasteiger partial charge in [-0.3, -0.25) is 0 Å². The summed E-state index contributed by atoms with van der Waals surface area (Å²) in [5.74, 6) is 0. The van der Waals surface area contributed by atoms with Crippen molar-refractivity contribution in [2.24, 2.45) is 4.99 Å². The topological polar surface area (TPSA) is 93.5 Å². The van der Waals surface area contributed by atoms with Crippen molar-refractivity contribution >= 4 is 42.4 Å². The molecule has 26 heavy (non-hydrogen) atoms. The van der Waals surface area contributed by atoms with Gasteiger partial charge in [-0.2, -0.15) is 0 Å². The molecule has 0 atom stereocenters. The van der Waals surface area contributed by atoms with Crippen molar-refractivity contribution in [3.63, 3.8) is 0 Å². The summed E-state index contributed by atoms with van der Waals surface area (Å²) in [5, 5.41) is 1.94. The van der Waals surface area contributed by atoms with E-state index in [9.17, 15) is 16.8 Å². The fraction of sp³-hybridized carbons (Fsp3) is 0.0588. The number of aromatic nitrogens is 1. The maximum atomic E-state index is 13.0. The quantitative estimate of drug-likeness (QED) is 0.586. The largest absolute Gasteiger partial charge is 0.230 e. The first-order valence-corrected chi connectivity index (χ1v) is 11.4. The van der Waals surface area contributed by atoms with E-state index >= 15 is 0 Å². The highest BCUT2D eigenvalue weighted by Gasteiger charge is 2.38. The van der Waals surface area contributed by atoms with Crippen molar-refractivity contribution in [1.82, 2.24) is 4.98 Å². The second-order valence-corrected chi connectivity index (χ2v) is 10.5. The number of hydrogen-bond donors (Lipinski definition) is 0. The first kappa shape index (κ1) is 18.4. The highest BCUT2D eigenvalue weighted by molar-refractivity contribution is 8.10. The van der Waals surface area contributed by atoms with Gasteiger partial charge in [-0.15, -0.1) is 11.3 Å². The second kappa shape index (κ2) is 7.48. The van der Waals surface area contributed by atoms with E-state index in [0.717, 1.165) is 6.21 Å². The van der Waals surface area contributed by atoms with Gasteiger partial charge in [-0.25, -0.2) is 26.8 Å². The lowest BCUT2D eigenvalue weighted by Crippen LogP contribution is -2.32. The van der Waals surface area contributed by atoms with Crippen LogP contribution in [0.25, 0.3) is 0 Å². The summed E-state index contributed by atoms with van der Waals surface area (Å²) in [4.78, 5) is 7.73. The van der Waals surface area contributed by atoms with Gasteiger partial charge in [-0.1, -0.05) is 36.4 Å². The molecule has 0 fully saturated rings. The Bertz CT molecular complexity index is 1020. The van der Waals surface area contributed by atoms with E-state index in [4.69, 9.17) is 0 Å². The van der Waals surface area contributed by atoms with Crippen molar-refractivity contribution in [3.05, 3.63) is 72.2 Å². The highest BCUT2D eigenvalue weighted by Crippen LogP contribution is 2.25. The summed E-state index contributed by atoms with van der Waals surface area (Å²) in [6.45, 7) is 0. The SMILES string of the molecule is O=S(=O)(c1ccccc1)C(C=Nc1nccs1)S(=O)(=O)c1ccccc1. The van der Waals surface area contributed by atoms with Crippen LogP contribution in [0, 0.1) is 0 Å². The number of benzene rings is 2. The molecule has 134 valence electrons. The number of sulfone groups is 2. The third-order valence-corrected chi connectivity index (χ3v) is 9.01. The van der Waals surface area contributed by atoms with Gasteiger partial charge in [-0.05, 0) is 24.3 Å². The third-order valence-electron chi connectivity index (χ3n) is 3.48. The van der Waals surface area contributed by atoms with Gasteiger partial charge in [0.1, 0.15) is 0 Å². The molecule has 0 N–H and O–H groups in total. The minimum absolute atomic E-state index is 0.0879. The van der Waals surface area contributed by atoms with Crippen molar-refractivity contribution in [2.75, 3.05) is 0 Å². The Hall–Kier alpha value is -2.36. The van der Waals surface area contributed by atoms with Gasteiger partial charge in [0, 0.05) is 17.8 Å². The van der Waals surface area contributed by atoms with E-state index in [2.05, 4.69) is 9.98 Å². The van der Waals surface area contributed by atoms with E-state index < -0.39 is 24.3 Å². The van der Waals surface area contributed by atoms with Crippen LogP contribution in [0.3, 0.4) is 0 Å². The van der Waals surface area contributed by atoms with Crippen LogP contribution in [-0.4, -0.2) is 32.6 Å². The summed E-state index contributed by atoms with van der Waals surface area (Å²) in [5.41, 5.74) is 0. The zero-order valence-electron chi connectivity index (χ0n) is 13.3. The predicted molar refractivity (Wildman–Crippen MR) is 101 cm³/mol. The van der Waals surface area contributed by atoms with E-state index in [1.807, 2.05) is 0 Å². The standard InChI is InChI=1S/C17H14N2O4S3/c20-25(21,14-7-3-1-4-8-14)16(13-19-17-18-11-12-24-17)26(22,23)15-9-5-2-6-10-15/h1-13,16H. The van der Waals surface area contributed by atoms with Crippen molar-refractivity contribution in [3.8, 4) is 0 Å². The Morgan fingerprint density at radius 1 is 0.846 bits per heavy atom. The Morgan fingerprint density at radius 2 is 1.35 bits per heavy atom. The molecule has 9 heteroatoms. The zero-order chi connectivity index (χ0) is 18.6. The maximum absolute atomic E-state index is 13.0. The van der Waals surface area contributed by atoms with Crippen LogP contribution in [0.4, 0.5) is 5.13 Å². The molecule has 6 nitrogen and oxygen atoms in total. The van der Waals surface area contributed by atoms with Crippen LogP contribution in [-0.2, 0) is 19.7 Å². The summed E-state index contributed by atoms with van der Waals surface area (Å²) in [6.07, 6.45) is 2.44. The second-order valence-electron chi connectivity index (χ2n) is 5.18. The van der Waals surface area contributed by atoms with Crippen LogP contribution in [0.1, 0.15) is 0 Å². The number of nitrogens with zero attached hydrogens (tertiary/aromatic N) is 2. The molecule has 0 amide bonds. The lowest BCUT2D eigenvalue weighted by Gasteiger charge is -2.14. The van der Waals surface area contributed by atoms with Crippen LogP contribution >= 0.6 is 11.3 Å². The molecule has 0 aliphatic carbocycles. The summed E-state index contributed by atoms with van der Waals surface area (Å²) < 4.78 is 50.2. The number of hydrogen-bond acceptors (Lipinski definition) is 7. The highest BCUT2D eigenvalue weighted by atomic mass is 32.3. The van der Waals surface area contributed by atoms with Crippen LogP contribution in [0.2, 0.25) is 0 Å². The number of rotatable bonds is 6. The molecule has 0 unspecified atom stereocenters. The van der Waals surface area contributed by atoms with Gasteiger partial charge in [0.2, 0.25) is 29.4 Å². The molecular formula is C17H14N2O4S3. The average Bonchev–Trinajstić information content (AvgIpc) is 3.16. The van der Waals surface area contributed by atoms with Crippen molar-refractivity contribution in [1.29, 1.82) is 0 Å². The lowest BCUT2D eigenvalue weighted by atomic mass is 10.4. The first-order chi connectivity index (χ1) is 12.4. The van der Waals surface area contributed by atoms with E-state index in [1.165, 1.54) is 66.1 Å². The molecule has 0 aliphatic heterocycles. The monoisotopic (exact) mass is 406 g/mol. The van der Waals surface area contributed by atoms with Crippen molar-refractivity contribution < 1.29 is 16.8 Å². The molecule has 0 spiro atoms. The predicted octanol–water partition coefficient (Wildman–Crippen LogP) is 3.12. The minimum Gasteiger partial charge on any atom is -0.230 e. The summed E-state index contributed by atoms with van der Waals surface area (Å²) in [6, 6.07) is 14.9. The van der Waals surface area contributed by atoms with Crippen molar-refractivity contribution in [2.45, 2.75) is 14.4 Å². The normalized spacial score (nSPS) is 12.7. The van der Waals surface area contributed by atoms with Crippen LogP contribution in [0.15, 0.2) is 87.0 Å². The Kier molecular flexibility index (Phi) is 5.30. The molecule has 0 bridgehead atoms. The summed E-state index contributed by atoms with van der Waals surface area (Å²) in [7, 11) is -8.44. The Labute approximate surface area is 155 Å². The van der Waals surface area contributed by atoms with Crippen LogP contribution in [0.5, 0.6) is 0 Å². The van der Waals surface area contributed by atoms with E-state index in [0.29, 0.717) is 0 Å². The number of thiazole rings is 1. The van der Waals surface area contributed by atoms with Gasteiger partial charge in [0.25, 0.3) is 0 Å². The fourth-order valence-corrected chi connectivity index (χ4v) is 6.76. The van der Waals surface area contributed by atoms with Gasteiger partial charge < -0.3 is 0 Å². The van der Waals surface area contributed by atoms with E-state index in [1.54, 1.807) is 17.5 Å². The molecule has 2 aromatic carbocycles. The molecule has 3 aromatic rings. The molecule has 0 radical (unpaired) electrons. The van der Waals surface area contributed by atoms with Gasteiger partial charge in [0.05, 0.1) is 9.79 Å². The smallest absolute Gasteiger partial charge is 0.208 e. The molecule has 3 rings (SSSR count). The molecule has 0 saturated carbocycles. The molecule has 0 aliphatic rings. The fourth-order valence-electron chi connectivity index (χ4n) is 2.22. The average molecular weight is 407 g/mol. The van der Waals surface area contributed by atoms with Crippen LogP contribution < -0.4 is 0 Å². The molecule has 1 heterocycles. The minimum atomic E-state index is -4.22.